The first-order chi connectivity index (χ1) is 8.84. The van der Waals surface area contributed by atoms with E-state index in [1.54, 1.807) is 0 Å². The molecule has 0 aliphatic heterocycles. The predicted molar refractivity (Wildman–Crippen MR) is 72.6 cm³/mol. The number of imidazole rings is 1. The van der Waals surface area contributed by atoms with Crippen LogP contribution in [0.5, 0.6) is 0 Å². The highest BCUT2D eigenvalue weighted by molar-refractivity contribution is 5.57. The summed E-state index contributed by atoms with van der Waals surface area (Å²) < 4.78 is 1.89. The zero-order valence-electron chi connectivity index (χ0n) is 10.4. The van der Waals surface area contributed by atoms with Crippen molar-refractivity contribution in [2.75, 3.05) is 0 Å². The predicted octanol–water partition coefficient (Wildman–Crippen LogP) is 3.35. The van der Waals surface area contributed by atoms with Crippen LogP contribution in [0.2, 0.25) is 0 Å². The van der Waals surface area contributed by atoms with Gasteiger partial charge in [0.1, 0.15) is 0 Å². The first kappa shape index (κ1) is 11.3. The SMILES string of the molecule is O=c1[nH]c(-c2ccccc2)cn1C1CCCCC1. The topological polar surface area (TPSA) is 37.8 Å². The maximum atomic E-state index is 12.0. The second kappa shape index (κ2) is 4.84. The van der Waals surface area contributed by atoms with E-state index >= 15 is 0 Å². The highest BCUT2D eigenvalue weighted by atomic mass is 16.1. The van der Waals surface area contributed by atoms with Crippen LogP contribution in [-0.4, -0.2) is 9.55 Å². The lowest BCUT2D eigenvalue weighted by Gasteiger charge is -2.21. The Bertz CT molecular complexity index is 562. The van der Waals surface area contributed by atoms with E-state index in [1.165, 1.54) is 19.3 Å². The lowest BCUT2D eigenvalue weighted by molar-refractivity contribution is 0.347. The van der Waals surface area contributed by atoms with E-state index in [2.05, 4.69) is 4.98 Å². The molecule has 0 unspecified atom stereocenters. The van der Waals surface area contributed by atoms with Crippen molar-refractivity contribution in [3.05, 3.63) is 47.0 Å². The van der Waals surface area contributed by atoms with Gasteiger partial charge in [0.2, 0.25) is 0 Å². The van der Waals surface area contributed by atoms with Crippen molar-refractivity contribution in [3.8, 4) is 11.3 Å². The van der Waals surface area contributed by atoms with Gasteiger partial charge in [-0.05, 0) is 18.4 Å². The number of hydrogen-bond acceptors (Lipinski definition) is 1. The molecular weight excluding hydrogens is 224 g/mol. The molecule has 1 saturated carbocycles. The van der Waals surface area contributed by atoms with Gasteiger partial charge in [-0.15, -0.1) is 0 Å². The summed E-state index contributed by atoms with van der Waals surface area (Å²) in [4.78, 5) is 15.0. The van der Waals surface area contributed by atoms with Gasteiger partial charge < -0.3 is 4.98 Å². The first-order valence-corrected chi connectivity index (χ1v) is 6.71. The third kappa shape index (κ3) is 2.13. The Balaban J connectivity index is 1.93. The van der Waals surface area contributed by atoms with Crippen LogP contribution in [0.15, 0.2) is 41.3 Å². The molecule has 18 heavy (non-hydrogen) atoms. The van der Waals surface area contributed by atoms with Crippen molar-refractivity contribution in [2.45, 2.75) is 38.1 Å². The summed E-state index contributed by atoms with van der Waals surface area (Å²) in [6.07, 6.45) is 8.03. The number of nitrogens with zero attached hydrogens (tertiary/aromatic N) is 1. The van der Waals surface area contributed by atoms with Crippen LogP contribution < -0.4 is 5.69 Å². The van der Waals surface area contributed by atoms with Gasteiger partial charge in [-0.2, -0.15) is 0 Å². The van der Waals surface area contributed by atoms with Crippen LogP contribution in [0, 0.1) is 0 Å². The molecule has 1 aliphatic rings. The molecule has 3 nitrogen and oxygen atoms in total. The summed E-state index contributed by atoms with van der Waals surface area (Å²) in [6, 6.07) is 10.4. The van der Waals surface area contributed by atoms with Crippen LogP contribution in [0.25, 0.3) is 11.3 Å². The molecule has 2 aromatic rings. The zero-order chi connectivity index (χ0) is 12.4. The van der Waals surface area contributed by atoms with Crippen molar-refractivity contribution in [3.63, 3.8) is 0 Å². The molecule has 1 aliphatic carbocycles. The minimum absolute atomic E-state index is 0.0285. The average molecular weight is 242 g/mol. The number of rotatable bonds is 2. The number of aromatic amines is 1. The Morgan fingerprint density at radius 1 is 1.06 bits per heavy atom. The van der Waals surface area contributed by atoms with Gasteiger partial charge in [-0.1, -0.05) is 49.6 Å². The summed E-state index contributed by atoms with van der Waals surface area (Å²) in [5.74, 6) is 0. The van der Waals surface area contributed by atoms with Crippen LogP contribution in [-0.2, 0) is 0 Å². The number of aromatic nitrogens is 2. The number of H-pyrrole nitrogens is 1. The second-order valence-electron chi connectivity index (χ2n) is 5.04. The minimum Gasteiger partial charge on any atom is -0.306 e. The van der Waals surface area contributed by atoms with Crippen LogP contribution in [0.3, 0.4) is 0 Å². The van der Waals surface area contributed by atoms with Crippen LogP contribution in [0.4, 0.5) is 0 Å². The van der Waals surface area contributed by atoms with E-state index in [9.17, 15) is 4.79 Å². The lowest BCUT2D eigenvalue weighted by Crippen LogP contribution is -2.23. The van der Waals surface area contributed by atoms with Gasteiger partial charge in [0.25, 0.3) is 0 Å². The molecular formula is C15H18N2O. The fourth-order valence-electron chi connectivity index (χ4n) is 2.80. The highest BCUT2D eigenvalue weighted by Crippen LogP contribution is 2.28. The molecule has 0 bridgehead atoms. The molecule has 0 atom stereocenters. The highest BCUT2D eigenvalue weighted by Gasteiger charge is 2.17. The van der Waals surface area contributed by atoms with E-state index in [-0.39, 0.29) is 5.69 Å². The third-order valence-electron chi connectivity index (χ3n) is 3.80. The first-order valence-electron chi connectivity index (χ1n) is 6.71. The largest absolute Gasteiger partial charge is 0.326 e. The average Bonchev–Trinajstić information content (AvgIpc) is 2.83. The van der Waals surface area contributed by atoms with Gasteiger partial charge in [-0.25, -0.2) is 4.79 Å². The Morgan fingerprint density at radius 3 is 2.50 bits per heavy atom. The van der Waals surface area contributed by atoms with Gasteiger partial charge in [0, 0.05) is 12.2 Å². The monoisotopic (exact) mass is 242 g/mol. The molecule has 1 N–H and O–H groups in total. The Hall–Kier alpha value is -1.77. The Morgan fingerprint density at radius 2 is 1.78 bits per heavy atom. The van der Waals surface area contributed by atoms with Crippen molar-refractivity contribution in [1.82, 2.24) is 9.55 Å². The molecule has 1 aromatic carbocycles. The standard InChI is InChI=1S/C15H18N2O/c18-15-16-14(12-7-3-1-4-8-12)11-17(15)13-9-5-2-6-10-13/h1,3-4,7-8,11,13H,2,5-6,9-10H2,(H,16,18). The van der Waals surface area contributed by atoms with Crippen molar-refractivity contribution >= 4 is 0 Å². The lowest BCUT2D eigenvalue weighted by atomic mass is 9.95. The summed E-state index contributed by atoms with van der Waals surface area (Å²) in [6.45, 7) is 0. The van der Waals surface area contributed by atoms with Crippen molar-refractivity contribution in [1.29, 1.82) is 0 Å². The molecule has 1 fully saturated rings. The molecule has 0 amide bonds. The molecule has 1 aromatic heterocycles. The summed E-state index contributed by atoms with van der Waals surface area (Å²) in [7, 11) is 0. The number of hydrogen-bond donors (Lipinski definition) is 1. The van der Waals surface area contributed by atoms with E-state index in [0.29, 0.717) is 6.04 Å². The number of benzene rings is 1. The molecule has 0 radical (unpaired) electrons. The number of nitrogens with one attached hydrogen (secondary N) is 1. The smallest absolute Gasteiger partial charge is 0.306 e. The fourth-order valence-corrected chi connectivity index (χ4v) is 2.80. The Kier molecular flexibility index (Phi) is 3.05. The summed E-state index contributed by atoms with van der Waals surface area (Å²) in [5.41, 5.74) is 2.02. The maximum Gasteiger partial charge on any atom is 0.326 e. The quantitative estimate of drug-likeness (QED) is 0.861. The van der Waals surface area contributed by atoms with Crippen LogP contribution >= 0.6 is 0 Å². The van der Waals surface area contributed by atoms with Gasteiger partial charge >= 0.3 is 5.69 Å². The molecule has 3 rings (SSSR count). The Labute approximate surface area is 106 Å². The zero-order valence-corrected chi connectivity index (χ0v) is 10.4. The van der Waals surface area contributed by atoms with Crippen molar-refractivity contribution in [2.24, 2.45) is 0 Å². The fraction of sp³-hybridized carbons (Fsp3) is 0.400. The van der Waals surface area contributed by atoms with Gasteiger partial charge in [0.15, 0.2) is 0 Å². The second-order valence-corrected chi connectivity index (χ2v) is 5.04. The van der Waals surface area contributed by atoms with E-state index in [4.69, 9.17) is 0 Å². The summed E-state index contributed by atoms with van der Waals surface area (Å²) in [5, 5.41) is 0. The van der Waals surface area contributed by atoms with E-state index < -0.39 is 0 Å². The van der Waals surface area contributed by atoms with Crippen molar-refractivity contribution < 1.29 is 0 Å². The molecule has 3 heteroatoms. The van der Waals surface area contributed by atoms with Crippen LogP contribution in [0.1, 0.15) is 38.1 Å². The normalized spacial score (nSPS) is 16.9. The van der Waals surface area contributed by atoms with Gasteiger partial charge in [0.05, 0.1) is 5.69 Å². The molecule has 1 heterocycles. The molecule has 94 valence electrons. The minimum atomic E-state index is 0.0285. The molecule has 0 spiro atoms. The third-order valence-corrected chi connectivity index (χ3v) is 3.80. The van der Waals surface area contributed by atoms with Gasteiger partial charge in [-0.3, -0.25) is 4.57 Å². The molecule has 0 saturated heterocycles. The summed E-state index contributed by atoms with van der Waals surface area (Å²) >= 11 is 0. The maximum absolute atomic E-state index is 12.0. The van der Waals surface area contributed by atoms with E-state index in [0.717, 1.165) is 24.1 Å². The van der Waals surface area contributed by atoms with E-state index in [1.807, 2.05) is 41.1 Å².